The van der Waals surface area contributed by atoms with Crippen molar-refractivity contribution in [3.05, 3.63) is 34.9 Å². The fourth-order valence-corrected chi connectivity index (χ4v) is 1.40. The van der Waals surface area contributed by atoms with Crippen molar-refractivity contribution in [1.82, 2.24) is 5.32 Å². The van der Waals surface area contributed by atoms with Crippen LogP contribution in [0.2, 0.25) is 0 Å². The van der Waals surface area contributed by atoms with Crippen LogP contribution in [0, 0.1) is 18.3 Å². The first-order valence-corrected chi connectivity index (χ1v) is 6.19. The second-order valence-electron chi connectivity index (χ2n) is 3.69. The summed E-state index contributed by atoms with van der Waals surface area (Å²) in [5.74, 6) is -0.615. The van der Waals surface area contributed by atoms with Crippen LogP contribution >= 0.6 is 0 Å². The predicted octanol–water partition coefficient (Wildman–Crippen LogP) is 3.68. The maximum absolute atomic E-state index is 12.6. The summed E-state index contributed by atoms with van der Waals surface area (Å²) in [4.78, 5) is 11.5. The normalized spacial score (nSPS) is 10.1. The number of rotatable bonds is 3. The zero-order chi connectivity index (χ0) is 15.8. The molecule has 0 spiro atoms. The molecule has 110 valence electrons. The molecule has 0 aliphatic rings. The maximum Gasteiger partial charge on any atom is 0.416 e. The van der Waals surface area contributed by atoms with Crippen LogP contribution in [-0.2, 0) is 6.18 Å². The minimum atomic E-state index is -4.48. The van der Waals surface area contributed by atoms with Crippen molar-refractivity contribution in [1.29, 1.82) is 5.26 Å². The summed E-state index contributed by atoms with van der Waals surface area (Å²) in [6, 6.07) is 5.22. The van der Waals surface area contributed by atoms with E-state index >= 15 is 0 Å². The Hall–Kier alpha value is -2.03. The lowest BCUT2D eigenvalue weighted by molar-refractivity contribution is -0.138. The van der Waals surface area contributed by atoms with E-state index < -0.39 is 17.6 Å². The number of hydrogen-bond acceptors (Lipinski definition) is 2. The van der Waals surface area contributed by atoms with E-state index in [4.69, 9.17) is 5.26 Å². The first kappa shape index (κ1) is 18.0. The number of amides is 1. The fraction of sp³-hybridized carbons (Fsp3) is 0.429. The molecule has 0 unspecified atom stereocenters. The standard InChI is InChI=1S/C12H11F3N2O.C2H6/c1-8-3-4-9(7-10(8)12(13,14)15)11(18)17-6-2-5-16;1-2/h3-4,7H,2,6H2,1H3,(H,17,18);1-2H3. The molecule has 0 saturated heterocycles. The first-order valence-electron chi connectivity index (χ1n) is 6.19. The predicted molar refractivity (Wildman–Crippen MR) is 70.1 cm³/mol. The van der Waals surface area contributed by atoms with Gasteiger partial charge in [-0.2, -0.15) is 18.4 Å². The molecule has 0 bridgehead atoms. The molecule has 1 aromatic carbocycles. The van der Waals surface area contributed by atoms with Crippen LogP contribution in [0.15, 0.2) is 18.2 Å². The Balaban J connectivity index is 0.00000172. The minimum Gasteiger partial charge on any atom is -0.351 e. The Bertz CT molecular complexity index is 490. The van der Waals surface area contributed by atoms with Crippen molar-refractivity contribution < 1.29 is 18.0 Å². The van der Waals surface area contributed by atoms with Crippen LogP contribution in [-0.4, -0.2) is 12.5 Å². The molecule has 3 nitrogen and oxygen atoms in total. The zero-order valence-corrected chi connectivity index (χ0v) is 11.6. The van der Waals surface area contributed by atoms with Gasteiger partial charge in [0.2, 0.25) is 0 Å². The summed E-state index contributed by atoms with van der Waals surface area (Å²) in [7, 11) is 0. The van der Waals surface area contributed by atoms with E-state index in [1.807, 2.05) is 19.9 Å². The first-order chi connectivity index (χ1) is 9.36. The molecular formula is C14H17F3N2O. The highest BCUT2D eigenvalue weighted by atomic mass is 19.4. The molecule has 6 heteroatoms. The lowest BCUT2D eigenvalue weighted by Crippen LogP contribution is -2.24. The van der Waals surface area contributed by atoms with Gasteiger partial charge in [-0.05, 0) is 24.6 Å². The van der Waals surface area contributed by atoms with Gasteiger partial charge < -0.3 is 5.32 Å². The van der Waals surface area contributed by atoms with E-state index in [1.165, 1.54) is 19.1 Å². The van der Waals surface area contributed by atoms with E-state index in [0.717, 1.165) is 6.07 Å². The van der Waals surface area contributed by atoms with Gasteiger partial charge in [0.1, 0.15) is 0 Å². The average Bonchev–Trinajstić information content (AvgIpc) is 2.40. The van der Waals surface area contributed by atoms with E-state index in [-0.39, 0.29) is 24.1 Å². The van der Waals surface area contributed by atoms with Crippen molar-refractivity contribution in [2.24, 2.45) is 0 Å². The summed E-state index contributed by atoms with van der Waals surface area (Å²) >= 11 is 0. The Labute approximate surface area is 116 Å². The number of halogens is 3. The minimum absolute atomic E-state index is 0.0640. The summed E-state index contributed by atoms with van der Waals surface area (Å²) < 4.78 is 37.9. The summed E-state index contributed by atoms with van der Waals surface area (Å²) in [5, 5.41) is 10.7. The van der Waals surface area contributed by atoms with Crippen LogP contribution in [0.25, 0.3) is 0 Å². The number of benzene rings is 1. The summed E-state index contributed by atoms with van der Waals surface area (Å²) in [6.45, 7) is 5.45. The van der Waals surface area contributed by atoms with Crippen molar-refractivity contribution in [3.8, 4) is 6.07 Å². The van der Waals surface area contributed by atoms with Crippen LogP contribution < -0.4 is 5.32 Å². The van der Waals surface area contributed by atoms with Crippen molar-refractivity contribution in [2.45, 2.75) is 33.4 Å². The van der Waals surface area contributed by atoms with Gasteiger partial charge in [-0.3, -0.25) is 4.79 Å². The van der Waals surface area contributed by atoms with E-state index in [0.29, 0.717) is 0 Å². The fourth-order valence-electron chi connectivity index (χ4n) is 1.40. The molecule has 1 N–H and O–H groups in total. The van der Waals surface area contributed by atoms with Crippen molar-refractivity contribution in [2.75, 3.05) is 6.54 Å². The summed E-state index contributed by atoms with van der Waals surface area (Å²) in [5.41, 5.74) is -0.822. The van der Waals surface area contributed by atoms with Gasteiger partial charge in [0.05, 0.1) is 18.1 Å². The molecule has 0 saturated carbocycles. The van der Waals surface area contributed by atoms with Crippen LogP contribution in [0.3, 0.4) is 0 Å². The maximum atomic E-state index is 12.6. The van der Waals surface area contributed by atoms with Gasteiger partial charge in [-0.15, -0.1) is 0 Å². The number of alkyl halides is 3. The Kier molecular flexibility index (Phi) is 7.37. The smallest absolute Gasteiger partial charge is 0.351 e. The van der Waals surface area contributed by atoms with Gasteiger partial charge in [0.25, 0.3) is 5.91 Å². The highest BCUT2D eigenvalue weighted by molar-refractivity contribution is 5.94. The quantitative estimate of drug-likeness (QED) is 0.862. The third-order valence-corrected chi connectivity index (χ3v) is 2.33. The molecule has 20 heavy (non-hydrogen) atoms. The third-order valence-electron chi connectivity index (χ3n) is 2.33. The number of nitrogens with one attached hydrogen (secondary N) is 1. The van der Waals surface area contributed by atoms with Crippen LogP contribution in [0.1, 0.15) is 41.8 Å². The molecule has 0 fully saturated rings. The highest BCUT2D eigenvalue weighted by Gasteiger charge is 2.32. The van der Waals surface area contributed by atoms with Crippen LogP contribution in [0.5, 0.6) is 0 Å². The Morgan fingerprint density at radius 3 is 2.45 bits per heavy atom. The number of hydrogen-bond donors (Lipinski definition) is 1. The van der Waals surface area contributed by atoms with E-state index in [2.05, 4.69) is 5.32 Å². The van der Waals surface area contributed by atoms with Gasteiger partial charge >= 0.3 is 6.18 Å². The Morgan fingerprint density at radius 1 is 1.35 bits per heavy atom. The number of nitrogens with zero attached hydrogens (tertiary/aromatic N) is 1. The number of carbonyl (C=O) groups is 1. The molecule has 1 aromatic rings. The highest BCUT2D eigenvalue weighted by Crippen LogP contribution is 2.32. The largest absolute Gasteiger partial charge is 0.416 e. The molecule has 0 radical (unpaired) electrons. The van der Waals surface area contributed by atoms with Gasteiger partial charge in [0, 0.05) is 12.1 Å². The topological polar surface area (TPSA) is 52.9 Å². The molecule has 0 aromatic heterocycles. The second kappa shape index (κ2) is 8.20. The molecule has 0 atom stereocenters. The third kappa shape index (κ3) is 5.31. The lowest BCUT2D eigenvalue weighted by Gasteiger charge is -2.11. The molecule has 0 aliphatic carbocycles. The van der Waals surface area contributed by atoms with Crippen molar-refractivity contribution >= 4 is 5.91 Å². The number of nitriles is 1. The SMILES string of the molecule is CC.Cc1ccc(C(=O)NCCC#N)cc1C(F)(F)F. The molecule has 1 rings (SSSR count). The van der Waals surface area contributed by atoms with Crippen molar-refractivity contribution in [3.63, 3.8) is 0 Å². The number of carbonyl (C=O) groups excluding carboxylic acids is 1. The monoisotopic (exact) mass is 286 g/mol. The lowest BCUT2D eigenvalue weighted by atomic mass is 10.0. The van der Waals surface area contributed by atoms with E-state index in [9.17, 15) is 18.0 Å². The molecule has 0 heterocycles. The second-order valence-corrected chi connectivity index (χ2v) is 3.69. The van der Waals surface area contributed by atoms with Gasteiger partial charge in [-0.1, -0.05) is 19.9 Å². The Morgan fingerprint density at radius 2 is 1.95 bits per heavy atom. The summed E-state index contributed by atoms with van der Waals surface area (Å²) in [6.07, 6.45) is -4.36. The zero-order valence-electron chi connectivity index (χ0n) is 11.6. The molecule has 1 amide bonds. The van der Waals surface area contributed by atoms with Gasteiger partial charge in [0.15, 0.2) is 0 Å². The number of aryl methyl sites for hydroxylation is 1. The van der Waals surface area contributed by atoms with E-state index in [1.54, 1.807) is 0 Å². The molecule has 0 aliphatic heterocycles. The van der Waals surface area contributed by atoms with Crippen LogP contribution in [0.4, 0.5) is 13.2 Å². The molecular weight excluding hydrogens is 269 g/mol. The van der Waals surface area contributed by atoms with Gasteiger partial charge in [-0.25, -0.2) is 0 Å². The average molecular weight is 286 g/mol.